The Labute approximate surface area is 172 Å². The first-order chi connectivity index (χ1) is 14.1. The number of hydrogen-bond acceptors (Lipinski definition) is 6. The normalized spacial score (nSPS) is 15.7. The molecule has 4 rings (SSSR count). The van der Waals surface area contributed by atoms with E-state index in [9.17, 15) is 9.59 Å². The van der Waals surface area contributed by atoms with E-state index in [0.717, 1.165) is 23.1 Å². The van der Waals surface area contributed by atoms with Crippen LogP contribution in [0.4, 0.5) is 0 Å². The molecule has 0 bridgehead atoms. The number of para-hydroxylation sites is 1. The lowest BCUT2D eigenvalue weighted by molar-refractivity contribution is -0.139. The molecule has 0 amide bonds. The maximum atomic E-state index is 13.3. The third kappa shape index (κ3) is 4.03. The Kier molecular flexibility index (Phi) is 5.62. The van der Waals surface area contributed by atoms with Gasteiger partial charge in [-0.1, -0.05) is 42.7 Å². The van der Waals surface area contributed by atoms with Crippen LogP contribution in [0.1, 0.15) is 50.3 Å². The highest BCUT2D eigenvalue weighted by Gasteiger charge is 2.23. The molecule has 3 aromatic rings. The Hall–Kier alpha value is -2.74. The van der Waals surface area contributed by atoms with Crippen LogP contribution in [0, 0.1) is 0 Å². The van der Waals surface area contributed by atoms with Crippen LogP contribution in [-0.4, -0.2) is 39.6 Å². The SMILES string of the molecule is COC(=O)Cc1[nH]n(-c2nc3ccccc3s2)c(=O)c1C(C)=NC1CCCCC1. The Bertz CT molecular complexity index is 1090. The number of H-pyrrole nitrogens is 1. The van der Waals surface area contributed by atoms with Gasteiger partial charge in [-0.05, 0) is 31.9 Å². The summed E-state index contributed by atoms with van der Waals surface area (Å²) in [6, 6.07) is 7.97. The third-order valence-corrected chi connectivity index (χ3v) is 6.32. The van der Waals surface area contributed by atoms with E-state index >= 15 is 0 Å². The van der Waals surface area contributed by atoms with Crippen molar-refractivity contribution in [2.24, 2.45) is 4.99 Å². The van der Waals surface area contributed by atoms with E-state index < -0.39 is 5.97 Å². The summed E-state index contributed by atoms with van der Waals surface area (Å²) in [5.74, 6) is -0.408. The van der Waals surface area contributed by atoms with Gasteiger partial charge in [0.15, 0.2) is 0 Å². The molecule has 2 heterocycles. The average molecular weight is 413 g/mol. The molecule has 1 aliphatic rings. The van der Waals surface area contributed by atoms with Crippen molar-refractivity contribution in [3.05, 3.63) is 45.9 Å². The summed E-state index contributed by atoms with van der Waals surface area (Å²) in [7, 11) is 1.34. The number of methoxy groups -OCH3 is 1. The molecule has 0 radical (unpaired) electrons. The minimum atomic E-state index is -0.408. The Morgan fingerprint density at radius 1 is 1.31 bits per heavy atom. The molecule has 1 saturated carbocycles. The second-order valence-corrected chi connectivity index (χ2v) is 8.34. The summed E-state index contributed by atoms with van der Waals surface area (Å²) in [4.78, 5) is 34.6. The first-order valence-corrected chi connectivity index (χ1v) is 10.7. The molecule has 29 heavy (non-hydrogen) atoms. The van der Waals surface area contributed by atoms with E-state index in [4.69, 9.17) is 9.73 Å². The highest BCUT2D eigenvalue weighted by Crippen LogP contribution is 2.24. The second-order valence-electron chi connectivity index (χ2n) is 7.33. The van der Waals surface area contributed by atoms with Gasteiger partial charge in [0.05, 0.1) is 41.0 Å². The van der Waals surface area contributed by atoms with Gasteiger partial charge in [-0.2, -0.15) is 4.68 Å². The minimum absolute atomic E-state index is 0.0174. The molecule has 1 aliphatic carbocycles. The molecule has 0 unspecified atom stereocenters. The van der Waals surface area contributed by atoms with Gasteiger partial charge >= 0.3 is 5.97 Å². The summed E-state index contributed by atoms with van der Waals surface area (Å²) in [6.45, 7) is 1.85. The lowest BCUT2D eigenvalue weighted by Crippen LogP contribution is -2.21. The van der Waals surface area contributed by atoms with E-state index in [0.29, 0.717) is 22.1 Å². The number of hydrogen-bond donors (Lipinski definition) is 1. The van der Waals surface area contributed by atoms with E-state index in [1.165, 1.54) is 42.4 Å². The molecular weight excluding hydrogens is 388 g/mol. The van der Waals surface area contributed by atoms with Crippen LogP contribution in [0.5, 0.6) is 0 Å². The number of carbonyl (C=O) groups excluding carboxylic acids is 1. The second kappa shape index (κ2) is 8.32. The van der Waals surface area contributed by atoms with Crippen molar-refractivity contribution in [1.82, 2.24) is 14.8 Å². The Morgan fingerprint density at radius 3 is 2.79 bits per heavy atom. The van der Waals surface area contributed by atoms with Gasteiger partial charge in [0.2, 0.25) is 5.13 Å². The highest BCUT2D eigenvalue weighted by molar-refractivity contribution is 7.20. The summed E-state index contributed by atoms with van der Waals surface area (Å²) >= 11 is 1.42. The quantitative estimate of drug-likeness (QED) is 0.512. The third-order valence-electron chi connectivity index (χ3n) is 5.30. The van der Waals surface area contributed by atoms with Gasteiger partial charge in [-0.3, -0.25) is 19.7 Å². The monoisotopic (exact) mass is 412 g/mol. The van der Waals surface area contributed by atoms with Gasteiger partial charge < -0.3 is 4.74 Å². The molecule has 1 aromatic carbocycles. The summed E-state index contributed by atoms with van der Waals surface area (Å²) in [5, 5.41) is 3.62. The van der Waals surface area contributed by atoms with E-state index in [2.05, 4.69) is 10.1 Å². The van der Waals surface area contributed by atoms with Crippen LogP contribution in [0.25, 0.3) is 15.3 Å². The number of esters is 1. The van der Waals surface area contributed by atoms with Crippen LogP contribution >= 0.6 is 11.3 Å². The number of aromatic amines is 1. The molecule has 152 valence electrons. The van der Waals surface area contributed by atoms with E-state index in [1.54, 1.807) is 0 Å². The van der Waals surface area contributed by atoms with Gasteiger partial charge in [-0.25, -0.2) is 4.98 Å². The van der Waals surface area contributed by atoms with Crippen molar-refractivity contribution >= 4 is 33.2 Å². The summed E-state index contributed by atoms with van der Waals surface area (Å²) in [6.07, 6.45) is 5.64. The number of benzene rings is 1. The van der Waals surface area contributed by atoms with Crippen LogP contribution in [-0.2, 0) is 16.0 Å². The first-order valence-electron chi connectivity index (χ1n) is 9.88. The number of thiazole rings is 1. The van der Waals surface area contributed by atoms with Crippen molar-refractivity contribution in [2.75, 3.05) is 7.11 Å². The number of nitrogens with one attached hydrogen (secondary N) is 1. The fourth-order valence-corrected chi connectivity index (χ4v) is 4.76. The van der Waals surface area contributed by atoms with Crippen LogP contribution in [0.3, 0.4) is 0 Å². The van der Waals surface area contributed by atoms with Crippen LogP contribution < -0.4 is 5.56 Å². The molecule has 0 saturated heterocycles. The first kappa shape index (κ1) is 19.6. The molecule has 0 aliphatic heterocycles. The predicted molar refractivity (Wildman–Crippen MR) is 114 cm³/mol. The Balaban J connectivity index is 1.79. The van der Waals surface area contributed by atoms with Crippen LogP contribution in [0.15, 0.2) is 34.1 Å². The zero-order chi connectivity index (χ0) is 20.4. The fourth-order valence-electron chi connectivity index (χ4n) is 3.84. The number of carbonyl (C=O) groups is 1. The number of nitrogens with zero attached hydrogens (tertiary/aromatic N) is 3. The van der Waals surface area contributed by atoms with Crippen molar-refractivity contribution in [3.8, 4) is 5.13 Å². The van der Waals surface area contributed by atoms with E-state index in [-0.39, 0.29) is 18.0 Å². The van der Waals surface area contributed by atoms with Gasteiger partial charge in [0.1, 0.15) is 0 Å². The Morgan fingerprint density at radius 2 is 2.07 bits per heavy atom. The van der Waals surface area contributed by atoms with Gasteiger partial charge in [0, 0.05) is 5.71 Å². The van der Waals surface area contributed by atoms with Crippen molar-refractivity contribution in [1.29, 1.82) is 0 Å². The number of rotatable bonds is 5. The fraction of sp³-hybridized carbons (Fsp3) is 0.429. The highest BCUT2D eigenvalue weighted by atomic mass is 32.1. The maximum Gasteiger partial charge on any atom is 0.311 e. The number of aromatic nitrogens is 3. The lowest BCUT2D eigenvalue weighted by atomic mass is 9.95. The zero-order valence-corrected chi connectivity index (χ0v) is 17.4. The van der Waals surface area contributed by atoms with E-state index in [1.807, 2.05) is 31.2 Å². The van der Waals surface area contributed by atoms with Crippen molar-refractivity contribution in [3.63, 3.8) is 0 Å². The molecule has 7 nitrogen and oxygen atoms in total. The van der Waals surface area contributed by atoms with Gasteiger partial charge in [-0.15, -0.1) is 0 Å². The lowest BCUT2D eigenvalue weighted by Gasteiger charge is -2.18. The molecular formula is C21H24N4O3S. The molecule has 1 fully saturated rings. The standard InChI is InChI=1S/C21H24N4O3S/c1-13(22-14-8-4-3-5-9-14)19-16(12-18(26)28-2)24-25(20(19)27)21-23-15-10-6-7-11-17(15)29-21/h6-7,10-11,14,24H,3-5,8-9,12H2,1-2H3. The molecule has 1 N–H and O–H groups in total. The average Bonchev–Trinajstić information content (AvgIpc) is 3.29. The summed E-state index contributed by atoms with van der Waals surface area (Å²) < 4.78 is 7.23. The molecule has 0 spiro atoms. The minimum Gasteiger partial charge on any atom is -0.469 e. The molecule has 0 atom stereocenters. The number of aliphatic imine (C=N–C) groups is 1. The number of ether oxygens (including phenoxy) is 1. The van der Waals surface area contributed by atoms with Crippen LogP contribution in [0.2, 0.25) is 0 Å². The molecule has 2 aromatic heterocycles. The maximum absolute atomic E-state index is 13.3. The smallest absolute Gasteiger partial charge is 0.311 e. The predicted octanol–water partition coefficient (Wildman–Crippen LogP) is 3.63. The van der Waals surface area contributed by atoms with Gasteiger partial charge in [0.25, 0.3) is 5.56 Å². The van der Waals surface area contributed by atoms with Crippen molar-refractivity contribution < 1.29 is 9.53 Å². The number of fused-ring (bicyclic) bond motifs is 1. The topological polar surface area (TPSA) is 89.3 Å². The zero-order valence-electron chi connectivity index (χ0n) is 16.6. The largest absolute Gasteiger partial charge is 0.469 e. The van der Waals surface area contributed by atoms with Crippen molar-refractivity contribution in [2.45, 2.75) is 51.5 Å². The molecule has 8 heteroatoms. The summed E-state index contributed by atoms with van der Waals surface area (Å²) in [5.41, 5.74) is 2.22.